The molecule has 0 N–H and O–H groups in total. The lowest BCUT2D eigenvalue weighted by Gasteiger charge is -2.24. The highest BCUT2D eigenvalue weighted by atomic mass is 32.1. The van der Waals surface area contributed by atoms with Crippen molar-refractivity contribution in [2.75, 3.05) is 0 Å². The molecule has 0 aliphatic rings. The van der Waals surface area contributed by atoms with Crippen LogP contribution in [0.5, 0.6) is 0 Å². The number of thiol groups is 1. The van der Waals surface area contributed by atoms with E-state index in [1.165, 1.54) is 38.5 Å². The van der Waals surface area contributed by atoms with Crippen molar-refractivity contribution in [2.24, 2.45) is 0 Å². The molecular formula is C11H22S. The lowest BCUT2D eigenvalue weighted by atomic mass is 9.95. The minimum absolute atomic E-state index is 0.103. The van der Waals surface area contributed by atoms with E-state index in [9.17, 15) is 0 Å². The Balaban J connectivity index is 3.78. The molecule has 0 aromatic heterocycles. The summed E-state index contributed by atoms with van der Waals surface area (Å²) in [6.45, 7) is 8.30. The molecule has 0 saturated heterocycles. The van der Waals surface area contributed by atoms with Crippen LogP contribution in [-0.2, 0) is 0 Å². The van der Waals surface area contributed by atoms with Gasteiger partial charge < -0.3 is 0 Å². The summed E-state index contributed by atoms with van der Waals surface area (Å²) in [7, 11) is 0. The van der Waals surface area contributed by atoms with Gasteiger partial charge in [-0.25, -0.2) is 0 Å². The van der Waals surface area contributed by atoms with Crippen molar-refractivity contribution in [1.82, 2.24) is 0 Å². The van der Waals surface area contributed by atoms with Gasteiger partial charge in [0.05, 0.1) is 0 Å². The Labute approximate surface area is 82.9 Å². The van der Waals surface area contributed by atoms with E-state index < -0.39 is 0 Å². The van der Waals surface area contributed by atoms with Crippen molar-refractivity contribution in [3.05, 3.63) is 12.7 Å². The Morgan fingerprint density at radius 2 is 1.58 bits per heavy atom. The maximum atomic E-state index is 4.67. The molecule has 1 heteroatoms. The van der Waals surface area contributed by atoms with E-state index in [1.807, 2.05) is 6.08 Å². The first-order valence-corrected chi connectivity index (χ1v) is 5.49. The quantitative estimate of drug-likeness (QED) is 0.446. The molecule has 0 aromatic rings. The number of hydrogen-bond acceptors (Lipinski definition) is 1. The summed E-state index contributed by atoms with van der Waals surface area (Å²) in [5, 5.41) is 0. The summed E-state index contributed by atoms with van der Waals surface area (Å²) < 4.78 is 0.103. The first-order chi connectivity index (χ1) is 5.68. The first kappa shape index (κ1) is 12.1. The molecule has 0 fully saturated rings. The van der Waals surface area contributed by atoms with Gasteiger partial charge in [0.15, 0.2) is 0 Å². The van der Waals surface area contributed by atoms with Crippen LogP contribution in [0, 0.1) is 0 Å². The van der Waals surface area contributed by atoms with E-state index in [0.29, 0.717) is 0 Å². The summed E-state index contributed by atoms with van der Waals surface area (Å²) in [5.74, 6) is 0. The van der Waals surface area contributed by atoms with Crippen LogP contribution in [0.25, 0.3) is 0 Å². The molecule has 72 valence electrons. The van der Waals surface area contributed by atoms with Gasteiger partial charge >= 0.3 is 0 Å². The fourth-order valence-corrected chi connectivity index (χ4v) is 1.61. The molecule has 0 amide bonds. The van der Waals surface area contributed by atoms with Gasteiger partial charge in [-0.3, -0.25) is 0 Å². The standard InChI is InChI=1S/C11H22S/c1-4-7-9-11(12,6-3)10-8-5-2/h6,12H,3-5,7-10H2,1-2H3. The molecule has 0 aromatic carbocycles. The molecule has 0 rings (SSSR count). The zero-order valence-corrected chi connectivity index (χ0v) is 9.37. The van der Waals surface area contributed by atoms with Crippen LogP contribution in [0.1, 0.15) is 52.4 Å². The van der Waals surface area contributed by atoms with Crippen molar-refractivity contribution >= 4 is 12.6 Å². The lowest BCUT2D eigenvalue weighted by Crippen LogP contribution is -2.17. The molecule has 0 spiro atoms. The minimum Gasteiger partial charge on any atom is -0.168 e. The van der Waals surface area contributed by atoms with Crippen molar-refractivity contribution in [3.8, 4) is 0 Å². The normalized spacial score (nSPS) is 11.6. The van der Waals surface area contributed by atoms with Gasteiger partial charge in [-0.1, -0.05) is 45.6 Å². The Morgan fingerprint density at radius 3 is 1.83 bits per heavy atom. The molecule has 0 radical (unpaired) electrons. The van der Waals surface area contributed by atoms with Crippen molar-refractivity contribution in [1.29, 1.82) is 0 Å². The van der Waals surface area contributed by atoms with E-state index in [2.05, 4.69) is 33.1 Å². The van der Waals surface area contributed by atoms with E-state index in [-0.39, 0.29) is 4.75 Å². The van der Waals surface area contributed by atoms with Crippen LogP contribution >= 0.6 is 12.6 Å². The zero-order valence-electron chi connectivity index (χ0n) is 8.47. The number of unbranched alkanes of at least 4 members (excludes halogenated alkanes) is 2. The molecule has 0 heterocycles. The van der Waals surface area contributed by atoms with E-state index in [4.69, 9.17) is 0 Å². The van der Waals surface area contributed by atoms with Gasteiger partial charge in [0.2, 0.25) is 0 Å². The number of hydrogen-bond donors (Lipinski definition) is 1. The molecule has 0 saturated carbocycles. The molecule has 0 atom stereocenters. The second-order valence-electron chi connectivity index (χ2n) is 3.51. The average molecular weight is 186 g/mol. The summed E-state index contributed by atoms with van der Waals surface area (Å²) in [6, 6.07) is 0. The average Bonchev–Trinajstić information content (AvgIpc) is 2.11. The predicted molar refractivity (Wildman–Crippen MR) is 61.0 cm³/mol. The van der Waals surface area contributed by atoms with Crippen LogP contribution in [0.15, 0.2) is 12.7 Å². The van der Waals surface area contributed by atoms with Gasteiger partial charge in [0, 0.05) is 4.75 Å². The van der Waals surface area contributed by atoms with Crippen molar-refractivity contribution < 1.29 is 0 Å². The Morgan fingerprint density at radius 1 is 1.17 bits per heavy atom. The third-order valence-corrected chi connectivity index (χ3v) is 2.94. The van der Waals surface area contributed by atoms with Gasteiger partial charge in [-0.15, -0.1) is 6.58 Å². The highest BCUT2D eigenvalue weighted by Crippen LogP contribution is 2.29. The van der Waals surface area contributed by atoms with Crippen LogP contribution in [0.3, 0.4) is 0 Å². The predicted octanol–water partition coefficient (Wildman–Crippen LogP) is 4.22. The van der Waals surface area contributed by atoms with Crippen LogP contribution < -0.4 is 0 Å². The van der Waals surface area contributed by atoms with Gasteiger partial charge in [0.25, 0.3) is 0 Å². The molecule has 0 aliphatic heterocycles. The van der Waals surface area contributed by atoms with Crippen LogP contribution in [0.2, 0.25) is 0 Å². The molecule has 0 unspecified atom stereocenters. The molecule has 0 nitrogen and oxygen atoms in total. The zero-order chi connectivity index (χ0) is 9.45. The maximum Gasteiger partial charge on any atom is 0.0306 e. The second kappa shape index (κ2) is 6.59. The van der Waals surface area contributed by atoms with Crippen molar-refractivity contribution in [2.45, 2.75) is 57.1 Å². The van der Waals surface area contributed by atoms with Gasteiger partial charge in [-0.2, -0.15) is 12.6 Å². The Kier molecular flexibility index (Phi) is 6.64. The minimum atomic E-state index is 0.103. The highest BCUT2D eigenvalue weighted by Gasteiger charge is 2.19. The third-order valence-electron chi connectivity index (χ3n) is 2.31. The maximum absolute atomic E-state index is 4.67. The summed E-state index contributed by atoms with van der Waals surface area (Å²) >= 11 is 4.67. The van der Waals surface area contributed by atoms with Gasteiger partial charge in [0.1, 0.15) is 0 Å². The van der Waals surface area contributed by atoms with Crippen molar-refractivity contribution in [3.63, 3.8) is 0 Å². The van der Waals surface area contributed by atoms with Gasteiger partial charge in [-0.05, 0) is 12.8 Å². The van der Waals surface area contributed by atoms with E-state index in [1.54, 1.807) is 0 Å². The SMILES string of the molecule is C=CC(S)(CCCC)CCCC. The Bertz CT molecular complexity index is 110. The summed E-state index contributed by atoms with van der Waals surface area (Å²) in [6.07, 6.45) is 9.40. The third kappa shape index (κ3) is 4.87. The monoisotopic (exact) mass is 186 g/mol. The molecular weight excluding hydrogens is 164 g/mol. The smallest absolute Gasteiger partial charge is 0.0306 e. The fourth-order valence-electron chi connectivity index (χ4n) is 1.29. The Hall–Kier alpha value is 0.0900. The second-order valence-corrected chi connectivity index (χ2v) is 4.41. The summed E-state index contributed by atoms with van der Waals surface area (Å²) in [4.78, 5) is 0. The first-order valence-electron chi connectivity index (χ1n) is 5.04. The lowest BCUT2D eigenvalue weighted by molar-refractivity contribution is 0.540. The fraction of sp³-hybridized carbons (Fsp3) is 0.818. The topological polar surface area (TPSA) is 0 Å². The van der Waals surface area contributed by atoms with Crippen LogP contribution in [-0.4, -0.2) is 4.75 Å². The molecule has 0 bridgehead atoms. The molecule has 12 heavy (non-hydrogen) atoms. The number of rotatable bonds is 7. The summed E-state index contributed by atoms with van der Waals surface area (Å²) in [5.41, 5.74) is 0. The largest absolute Gasteiger partial charge is 0.168 e. The van der Waals surface area contributed by atoms with E-state index >= 15 is 0 Å². The molecule has 0 aliphatic carbocycles. The van der Waals surface area contributed by atoms with E-state index in [0.717, 1.165) is 0 Å². The van der Waals surface area contributed by atoms with Crippen LogP contribution in [0.4, 0.5) is 0 Å². The highest BCUT2D eigenvalue weighted by molar-refractivity contribution is 7.82.